The molecule has 1 aliphatic rings. The van der Waals surface area contributed by atoms with Crippen LogP contribution in [0, 0.1) is 0 Å². The Balaban J connectivity index is 1.71. The highest BCUT2D eigenvalue weighted by molar-refractivity contribution is 7.13. The van der Waals surface area contributed by atoms with Crippen molar-refractivity contribution in [3.8, 4) is 10.8 Å². The summed E-state index contributed by atoms with van der Waals surface area (Å²) in [5.41, 5.74) is 6.09. The molecule has 20 heavy (non-hydrogen) atoms. The van der Waals surface area contributed by atoms with Gasteiger partial charge in [0.25, 0.3) is 5.89 Å². The minimum atomic E-state index is 0.180. The van der Waals surface area contributed by atoms with Crippen LogP contribution in [0.15, 0.2) is 22.0 Å². The van der Waals surface area contributed by atoms with Crippen molar-refractivity contribution >= 4 is 11.3 Å². The van der Waals surface area contributed by atoms with E-state index in [1.807, 2.05) is 17.5 Å². The zero-order chi connectivity index (χ0) is 13.9. The topological polar surface area (TPSA) is 68.2 Å². The van der Waals surface area contributed by atoms with Crippen LogP contribution in [0.1, 0.15) is 32.0 Å². The monoisotopic (exact) mass is 292 g/mol. The summed E-state index contributed by atoms with van der Waals surface area (Å²) in [5.74, 6) is 1.37. The van der Waals surface area contributed by atoms with Gasteiger partial charge in [-0.2, -0.15) is 4.98 Å². The van der Waals surface area contributed by atoms with E-state index in [2.05, 4.69) is 22.0 Å². The fourth-order valence-corrected chi connectivity index (χ4v) is 3.45. The normalized spacial score (nSPS) is 22.0. The van der Waals surface area contributed by atoms with Gasteiger partial charge >= 0.3 is 0 Å². The highest BCUT2D eigenvalue weighted by atomic mass is 32.1. The van der Waals surface area contributed by atoms with Gasteiger partial charge in [0.2, 0.25) is 0 Å². The number of nitrogens with zero attached hydrogens (tertiary/aromatic N) is 3. The van der Waals surface area contributed by atoms with Crippen LogP contribution in [0.2, 0.25) is 0 Å². The Kier molecular flexibility index (Phi) is 4.14. The smallest absolute Gasteiger partial charge is 0.268 e. The quantitative estimate of drug-likeness (QED) is 0.937. The molecule has 2 aromatic heterocycles. The molecule has 0 aromatic carbocycles. The molecule has 2 atom stereocenters. The minimum Gasteiger partial charge on any atom is -0.333 e. The molecule has 5 nitrogen and oxygen atoms in total. The SMILES string of the molecule is CC(N)C1CCCCN1Cc1noc(-c2cccs2)n1. The molecular weight excluding hydrogens is 272 g/mol. The van der Waals surface area contributed by atoms with E-state index in [9.17, 15) is 0 Å². The van der Waals surface area contributed by atoms with Gasteiger partial charge in [-0.15, -0.1) is 11.3 Å². The number of nitrogens with two attached hydrogens (primary N) is 1. The van der Waals surface area contributed by atoms with Crippen LogP contribution in [0.4, 0.5) is 0 Å². The first kappa shape index (κ1) is 13.7. The summed E-state index contributed by atoms with van der Waals surface area (Å²) in [6, 6.07) is 4.58. The molecule has 1 aliphatic heterocycles. The van der Waals surface area contributed by atoms with Gasteiger partial charge in [-0.3, -0.25) is 4.90 Å². The zero-order valence-electron chi connectivity index (χ0n) is 11.7. The molecule has 0 bridgehead atoms. The van der Waals surface area contributed by atoms with Crippen molar-refractivity contribution in [1.29, 1.82) is 0 Å². The lowest BCUT2D eigenvalue weighted by atomic mass is 9.97. The van der Waals surface area contributed by atoms with Gasteiger partial charge in [0.05, 0.1) is 11.4 Å². The van der Waals surface area contributed by atoms with Gasteiger partial charge in [-0.05, 0) is 37.8 Å². The average molecular weight is 292 g/mol. The van der Waals surface area contributed by atoms with E-state index in [1.54, 1.807) is 11.3 Å². The fourth-order valence-electron chi connectivity index (χ4n) is 2.81. The average Bonchev–Trinajstić information content (AvgIpc) is 3.09. The van der Waals surface area contributed by atoms with Crippen molar-refractivity contribution in [2.24, 2.45) is 5.73 Å². The molecule has 0 amide bonds. The second-order valence-electron chi connectivity index (χ2n) is 5.39. The highest BCUT2D eigenvalue weighted by Gasteiger charge is 2.26. The summed E-state index contributed by atoms with van der Waals surface area (Å²) in [6.45, 7) is 3.87. The third-order valence-corrected chi connectivity index (χ3v) is 4.67. The van der Waals surface area contributed by atoms with Crippen molar-refractivity contribution in [3.05, 3.63) is 23.3 Å². The molecule has 2 aromatic rings. The Morgan fingerprint density at radius 1 is 1.55 bits per heavy atom. The van der Waals surface area contributed by atoms with Crippen molar-refractivity contribution in [3.63, 3.8) is 0 Å². The molecule has 6 heteroatoms. The Morgan fingerprint density at radius 3 is 3.20 bits per heavy atom. The fraction of sp³-hybridized carbons (Fsp3) is 0.571. The molecule has 1 fully saturated rings. The van der Waals surface area contributed by atoms with Crippen LogP contribution in [0.3, 0.4) is 0 Å². The Labute approximate surface area is 122 Å². The third-order valence-electron chi connectivity index (χ3n) is 3.82. The van der Waals surface area contributed by atoms with Gasteiger partial charge < -0.3 is 10.3 Å². The summed E-state index contributed by atoms with van der Waals surface area (Å²) >= 11 is 1.61. The Hall–Kier alpha value is -1.24. The van der Waals surface area contributed by atoms with Crippen molar-refractivity contribution in [1.82, 2.24) is 15.0 Å². The van der Waals surface area contributed by atoms with Gasteiger partial charge in [-0.25, -0.2) is 0 Å². The number of rotatable bonds is 4. The van der Waals surface area contributed by atoms with Crippen LogP contribution in [-0.2, 0) is 6.54 Å². The lowest BCUT2D eigenvalue weighted by Crippen LogP contribution is -2.48. The molecule has 108 valence electrons. The number of hydrogen-bond donors (Lipinski definition) is 1. The van der Waals surface area contributed by atoms with Gasteiger partial charge in [0.1, 0.15) is 0 Å². The van der Waals surface area contributed by atoms with E-state index in [4.69, 9.17) is 10.3 Å². The van der Waals surface area contributed by atoms with E-state index in [1.165, 1.54) is 12.8 Å². The predicted octanol–water partition coefficient (Wildman–Crippen LogP) is 2.50. The van der Waals surface area contributed by atoms with Crippen LogP contribution in [0.5, 0.6) is 0 Å². The molecule has 0 spiro atoms. The molecule has 1 saturated heterocycles. The van der Waals surface area contributed by atoms with Crippen LogP contribution in [-0.4, -0.2) is 33.7 Å². The lowest BCUT2D eigenvalue weighted by molar-refractivity contribution is 0.118. The van der Waals surface area contributed by atoms with E-state index in [0.29, 0.717) is 11.9 Å². The predicted molar refractivity (Wildman–Crippen MR) is 79.3 cm³/mol. The summed E-state index contributed by atoms with van der Waals surface area (Å²) in [4.78, 5) is 7.90. The summed E-state index contributed by atoms with van der Waals surface area (Å²) in [7, 11) is 0. The largest absolute Gasteiger partial charge is 0.333 e. The standard InChI is InChI=1S/C14H20N4OS/c1-10(15)11-5-2-3-7-18(11)9-13-16-14(19-17-13)12-6-4-8-20-12/h4,6,8,10-11H,2-3,5,7,9,15H2,1H3. The van der Waals surface area contributed by atoms with Crippen LogP contribution < -0.4 is 5.73 Å². The zero-order valence-corrected chi connectivity index (χ0v) is 12.5. The molecule has 2 N–H and O–H groups in total. The van der Waals surface area contributed by atoms with Gasteiger partial charge in [-0.1, -0.05) is 17.6 Å². The maximum Gasteiger partial charge on any atom is 0.268 e. The minimum absolute atomic E-state index is 0.180. The number of likely N-dealkylation sites (tertiary alicyclic amines) is 1. The number of hydrogen-bond acceptors (Lipinski definition) is 6. The van der Waals surface area contributed by atoms with E-state index >= 15 is 0 Å². The molecule has 3 rings (SSSR count). The molecule has 3 heterocycles. The molecule has 0 radical (unpaired) electrons. The van der Waals surface area contributed by atoms with Crippen LogP contribution >= 0.6 is 11.3 Å². The number of piperidine rings is 1. The number of aromatic nitrogens is 2. The summed E-state index contributed by atoms with van der Waals surface area (Å²) in [6.07, 6.45) is 3.64. The first-order valence-electron chi connectivity index (χ1n) is 7.10. The first-order valence-corrected chi connectivity index (χ1v) is 7.98. The number of thiophene rings is 1. The highest BCUT2D eigenvalue weighted by Crippen LogP contribution is 2.24. The second-order valence-corrected chi connectivity index (χ2v) is 6.33. The van der Waals surface area contributed by atoms with E-state index in [-0.39, 0.29) is 6.04 Å². The first-order chi connectivity index (χ1) is 9.74. The molecule has 0 saturated carbocycles. The second kappa shape index (κ2) is 6.03. The van der Waals surface area contributed by atoms with Crippen molar-refractivity contribution < 1.29 is 4.52 Å². The van der Waals surface area contributed by atoms with Gasteiger partial charge in [0, 0.05) is 12.1 Å². The van der Waals surface area contributed by atoms with E-state index in [0.717, 1.165) is 30.2 Å². The Morgan fingerprint density at radius 2 is 2.45 bits per heavy atom. The third kappa shape index (κ3) is 2.92. The maximum atomic E-state index is 6.09. The lowest BCUT2D eigenvalue weighted by Gasteiger charge is -2.37. The van der Waals surface area contributed by atoms with Crippen molar-refractivity contribution in [2.75, 3.05) is 6.54 Å². The summed E-state index contributed by atoms with van der Waals surface area (Å²) < 4.78 is 5.34. The molecule has 0 aliphatic carbocycles. The summed E-state index contributed by atoms with van der Waals surface area (Å²) in [5, 5.41) is 6.11. The molecular formula is C14H20N4OS. The van der Waals surface area contributed by atoms with Gasteiger partial charge in [0.15, 0.2) is 5.82 Å². The van der Waals surface area contributed by atoms with Crippen LogP contribution in [0.25, 0.3) is 10.8 Å². The maximum absolute atomic E-state index is 6.09. The Bertz CT molecular complexity index is 537. The van der Waals surface area contributed by atoms with E-state index < -0.39 is 0 Å². The molecule has 2 unspecified atom stereocenters. The van der Waals surface area contributed by atoms with Crippen molar-refractivity contribution in [2.45, 2.75) is 44.8 Å².